The van der Waals surface area contributed by atoms with Crippen molar-refractivity contribution in [3.05, 3.63) is 22.0 Å². The standard InChI is InChI=1S/C5H4N2O3/c8-4-2-1-3(6-9)5(4)7-10/h1-3,5H. The molecule has 0 aromatic heterocycles. The van der Waals surface area contributed by atoms with E-state index in [1.807, 2.05) is 0 Å². The normalized spacial score (nSPS) is 30.6. The lowest BCUT2D eigenvalue weighted by molar-refractivity contribution is -0.115. The topological polar surface area (TPSA) is 75.9 Å². The molecule has 0 heterocycles. The Balaban J connectivity index is 2.80. The summed E-state index contributed by atoms with van der Waals surface area (Å²) in [7, 11) is 0. The molecule has 0 aliphatic heterocycles. The van der Waals surface area contributed by atoms with Gasteiger partial charge in [-0.2, -0.15) is 4.91 Å². The van der Waals surface area contributed by atoms with Gasteiger partial charge in [-0.15, -0.1) is 4.91 Å². The van der Waals surface area contributed by atoms with E-state index in [9.17, 15) is 14.6 Å². The second kappa shape index (κ2) is 2.47. The maximum Gasteiger partial charge on any atom is 0.186 e. The van der Waals surface area contributed by atoms with Gasteiger partial charge in [0.25, 0.3) is 0 Å². The number of carbonyl (C=O) groups excluding carboxylic acids is 1. The first-order chi connectivity index (χ1) is 4.79. The molecule has 10 heavy (non-hydrogen) atoms. The molecule has 0 N–H and O–H groups in total. The van der Waals surface area contributed by atoms with Crippen molar-refractivity contribution < 1.29 is 4.79 Å². The van der Waals surface area contributed by atoms with Crippen LogP contribution in [0.2, 0.25) is 0 Å². The van der Waals surface area contributed by atoms with Crippen LogP contribution in [0.4, 0.5) is 0 Å². The van der Waals surface area contributed by atoms with Crippen LogP contribution in [-0.4, -0.2) is 17.9 Å². The maximum atomic E-state index is 10.6. The first-order valence-electron chi connectivity index (χ1n) is 2.66. The molecule has 1 aliphatic rings. The van der Waals surface area contributed by atoms with Crippen LogP contribution in [0.15, 0.2) is 22.5 Å². The second-order valence-electron chi connectivity index (χ2n) is 1.91. The molecule has 2 atom stereocenters. The highest BCUT2D eigenvalue weighted by atomic mass is 16.3. The first-order valence-corrected chi connectivity index (χ1v) is 2.66. The predicted molar refractivity (Wildman–Crippen MR) is 33.3 cm³/mol. The Morgan fingerprint density at radius 3 is 2.40 bits per heavy atom. The van der Waals surface area contributed by atoms with Crippen LogP contribution in [0, 0.1) is 9.81 Å². The fraction of sp³-hybridized carbons (Fsp3) is 0.400. The average Bonchev–Trinajstić information content (AvgIpc) is 2.30. The van der Waals surface area contributed by atoms with E-state index in [-0.39, 0.29) is 0 Å². The summed E-state index contributed by atoms with van der Waals surface area (Å²) >= 11 is 0. The van der Waals surface area contributed by atoms with Crippen LogP contribution in [-0.2, 0) is 4.79 Å². The molecule has 0 bridgehead atoms. The molecule has 0 fully saturated rings. The molecule has 0 spiro atoms. The molecule has 5 heteroatoms. The number of hydrogen-bond donors (Lipinski definition) is 0. The van der Waals surface area contributed by atoms with Gasteiger partial charge in [0.15, 0.2) is 11.8 Å². The van der Waals surface area contributed by atoms with E-state index >= 15 is 0 Å². The van der Waals surface area contributed by atoms with Crippen molar-refractivity contribution in [3.63, 3.8) is 0 Å². The van der Waals surface area contributed by atoms with Crippen LogP contribution in [0.5, 0.6) is 0 Å². The molecule has 0 aromatic rings. The quantitative estimate of drug-likeness (QED) is 0.520. The van der Waals surface area contributed by atoms with Crippen molar-refractivity contribution in [1.82, 2.24) is 0 Å². The smallest absolute Gasteiger partial charge is 0.186 e. The summed E-state index contributed by atoms with van der Waals surface area (Å²) < 4.78 is 0. The third kappa shape index (κ3) is 0.854. The van der Waals surface area contributed by atoms with Crippen molar-refractivity contribution >= 4 is 5.78 Å². The molecule has 0 saturated carbocycles. The molecule has 0 amide bonds. The van der Waals surface area contributed by atoms with Gasteiger partial charge in [-0.25, -0.2) is 0 Å². The summed E-state index contributed by atoms with van der Waals surface area (Å²) in [6, 6.07) is -2.00. The third-order valence-corrected chi connectivity index (χ3v) is 1.31. The Hall–Kier alpha value is -1.39. The molecule has 5 nitrogen and oxygen atoms in total. The SMILES string of the molecule is O=NC1C=CC(=O)C1N=O. The van der Waals surface area contributed by atoms with Gasteiger partial charge < -0.3 is 0 Å². The lowest BCUT2D eigenvalue weighted by Gasteiger charge is -1.98. The molecule has 52 valence electrons. The molecule has 0 saturated heterocycles. The summed E-state index contributed by atoms with van der Waals surface area (Å²) in [5, 5.41) is 5.00. The third-order valence-electron chi connectivity index (χ3n) is 1.31. The van der Waals surface area contributed by atoms with Crippen LogP contribution < -0.4 is 0 Å². The van der Waals surface area contributed by atoms with Gasteiger partial charge >= 0.3 is 0 Å². The zero-order valence-electron chi connectivity index (χ0n) is 4.93. The van der Waals surface area contributed by atoms with Gasteiger partial charge in [0.05, 0.1) is 0 Å². The zero-order chi connectivity index (χ0) is 7.56. The zero-order valence-corrected chi connectivity index (χ0v) is 4.93. The number of nitroso groups, excluding NO2 is 2. The van der Waals surface area contributed by atoms with Gasteiger partial charge in [0.2, 0.25) is 0 Å². The molecule has 1 aliphatic carbocycles. The molecule has 2 unspecified atom stereocenters. The van der Waals surface area contributed by atoms with Crippen LogP contribution in [0.3, 0.4) is 0 Å². The molecular weight excluding hydrogens is 136 g/mol. The van der Waals surface area contributed by atoms with Crippen molar-refractivity contribution in [2.24, 2.45) is 10.4 Å². The lowest BCUT2D eigenvalue weighted by Crippen LogP contribution is -2.21. The van der Waals surface area contributed by atoms with E-state index in [2.05, 4.69) is 10.4 Å². The van der Waals surface area contributed by atoms with Crippen LogP contribution >= 0.6 is 0 Å². The highest BCUT2D eigenvalue weighted by Crippen LogP contribution is 2.13. The first kappa shape index (κ1) is 6.73. The highest BCUT2D eigenvalue weighted by molar-refractivity contribution is 5.98. The predicted octanol–water partition coefficient (Wildman–Crippen LogP) is 0.395. The Labute approximate surface area is 56.1 Å². The second-order valence-corrected chi connectivity index (χ2v) is 1.91. The van der Waals surface area contributed by atoms with Crippen molar-refractivity contribution in [3.8, 4) is 0 Å². The van der Waals surface area contributed by atoms with Crippen molar-refractivity contribution in [2.75, 3.05) is 0 Å². The number of nitrogens with zero attached hydrogens (tertiary/aromatic N) is 2. The van der Waals surface area contributed by atoms with E-state index in [1.54, 1.807) is 0 Å². The summed E-state index contributed by atoms with van der Waals surface area (Å²) in [5.74, 6) is -0.445. The Morgan fingerprint density at radius 2 is 2.00 bits per heavy atom. The minimum atomic E-state index is -1.11. The van der Waals surface area contributed by atoms with Crippen LogP contribution in [0.1, 0.15) is 0 Å². The highest BCUT2D eigenvalue weighted by Gasteiger charge is 2.32. The number of carbonyl (C=O) groups is 1. The van der Waals surface area contributed by atoms with Crippen molar-refractivity contribution in [2.45, 2.75) is 12.1 Å². The van der Waals surface area contributed by atoms with Gasteiger partial charge in [0, 0.05) is 0 Å². The summed E-state index contributed by atoms with van der Waals surface area (Å²) in [6.07, 6.45) is 2.43. The molecular formula is C5H4N2O3. The van der Waals surface area contributed by atoms with Crippen molar-refractivity contribution in [1.29, 1.82) is 0 Å². The van der Waals surface area contributed by atoms with E-state index in [0.717, 1.165) is 6.08 Å². The summed E-state index contributed by atoms with van der Waals surface area (Å²) in [5.41, 5.74) is 0. The van der Waals surface area contributed by atoms with Gasteiger partial charge in [0.1, 0.15) is 6.04 Å². The van der Waals surface area contributed by atoms with Crippen LogP contribution in [0.25, 0.3) is 0 Å². The van der Waals surface area contributed by atoms with E-state index in [0.29, 0.717) is 0 Å². The minimum Gasteiger partial charge on any atom is -0.292 e. The van der Waals surface area contributed by atoms with E-state index < -0.39 is 17.9 Å². The number of rotatable bonds is 2. The van der Waals surface area contributed by atoms with Gasteiger partial charge in [-0.05, 0) is 6.08 Å². The Bertz CT molecular complexity index is 211. The maximum absolute atomic E-state index is 10.6. The van der Waals surface area contributed by atoms with Gasteiger partial charge in [-0.1, -0.05) is 16.4 Å². The fourth-order valence-corrected chi connectivity index (χ4v) is 0.773. The largest absolute Gasteiger partial charge is 0.292 e. The summed E-state index contributed by atoms with van der Waals surface area (Å²) in [4.78, 5) is 30.3. The van der Waals surface area contributed by atoms with E-state index in [4.69, 9.17) is 0 Å². The minimum absolute atomic E-state index is 0.445. The number of ketones is 1. The Morgan fingerprint density at radius 1 is 1.30 bits per heavy atom. The average molecular weight is 140 g/mol. The fourth-order valence-electron chi connectivity index (χ4n) is 0.773. The monoisotopic (exact) mass is 140 g/mol. The number of hydrogen-bond acceptors (Lipinski definition) is 5. The molecule has 1 rings (SSSR count). The van der Waals surface area contributed by atoms with Gasteiger partial charge in [-0.3, -0.25) is 4.79 Å². The Kier molecular flexibility index (Phi) is 1.66. The summed E-state index contributed by atoms with van der Waals surface area (Å²) in [6.45, 7) is 0. The molecule has 0 aromatic carbocycles. The van der Waals surface area contributed by atoms with E-state index in [1.165, 1.54) is 6.08 Å². The molecule has 0 radical (unpaired) electrons. The lowest BCUT2D eigenvalue weighted by atomic mass is 10.2.